The summed E-state index contributed by atoms with van der Waals surface area (Å²) in [5, 5.41) is 34.7. The number of benzene rings is 1. The monoisotopic (exact) mass is 497 g/mol. The maximum Gasteiger partial charge on any atom is 0.328 e. The molecule has 2 aromatic rings. The van der Waals surface area contributed by atoms with E-state index in [4.69, 9.17) is 20.4 Å². The number of fused-ring (bicyclic) bond motifs is 2. The summed E-state index contributed by atoms with van der Waals surface area (Å²) in [7, 11) is 0. The van der Waals surface area contributed by atoms with Crippen LogP contribution in [0.3, 0.4) is 0 Å². The molecule has 0 unspecified atom stereocenters. The number of carboxylic acids is 4. The Bertz CT molecular complexity index is 1120. The van der Waals surface area contributed by atoms with E-state index in [0.29, 0.717) is 24.3 Å². The predicted molar refractivity (Wildman–Crippen MR) is 129 cm³/mol. The van der Waals surface area contributed by atoms with Gasteiger partial charge >= 0.3 is 23.9 Å². The third kappa shape index (κ3) is 9.03. The lowest BCUT2D eigenvalue weighted by Gasteiger charge is -2.20. The molecule has 0 amide bonds. The van der Waals surface area contributed by atoms with Crippen molar-refractivity contribution in [3.8, 4) is 0 Å². The highest BCUT2D eigenvalue weighted by molar-refractivity contribution is 5.90. The van der Waals surface area contributed by atoms with E-state index in [1.165, 1.54) is 16.7 Å². The highest BCUT2D eigenvalue weighted by Crippen LogP contribution is 2.34. The van der Waals surface area contributed by atoms with E-state index in [9.17, 15) is 19.2 Å². The van der Waals surface area contributed by atoms with Crippen molar-refractivity contribution in [3.05, 3.63) is 83.5 Å². The van der Waals surface area contributed by atoms with Crippen molar-refractivity contribution < 1.29 is 39.6 Å². The van der Waals surface area contributed by atoms with Crippen LogP contribution in [0, 0.1) is 0 Å². The average molecular weight is 498 g/mol. The zero-order valence-corrected chi connectivity index (χ0v) is 19.3. The number of rotatable bonds is 4. The largest absolute Gasteiger partial charge is 0.478 e. The zero-order valence-electron chi connectivity index (χ0n) is 19.3. The van der Waals surface area contributed by atoms with Gasteiger partial charge in [-0.05, 0) is 43.5 Å². The highest BCUT2D eigenvalue weighted by Gasteiger charge is 2.22. The number of aryl methyl sites for hydroxylation is 2. The Morgan fingerprint density at radius 1 is 0.806 bits per heavy atom. The molecule has 2 aliphatic heterocycles. The van der Waals surface area contributed by atoms with Gasteiger partial charge in [-0.3, -0.25) is 0 Å². The van der Waals surface area contributed by atoms with E-state index in [1.807, 2.05) is 6.20 Å². The van der Waals surface area contributed by atoms with E-state index in [-0.39, 0.29) is 0 Å². The Kier molecular flexibility index (Phi) is 10.8. The molecule has 0 bridgehead atoms. The van der Waals surface area contributed by atoms with Gasteiger partial charge in [0.15, 0.2) is 0 Å². The normalized spacial score (nSPS) is 14.4. The first-order chi connectivity index (χ1) is 17.2. The molecule has 4 rings (SSSR count). The van der Waals surface area contributed by atoms with Crippen molar-refractivity contribution >= 4 is 29.5 Å². The summed E-state index contributed by atoms with van der Waals surface area (Å²) in [4.78, 5) is 42.9. The predicted octanol–water partition coefficient (Wildman–Crippen LogP) is 2.05. The molecule has 1 fully saturated rings. The SMILES string of the molecule is O=C(O)/C=C/C(=O)O.O=C(O)/C=C/C(=O)O.c1ccc2c(c1)CCn1ccnc1C2=C1CCNCC1. The van der Waals surface area contributed by atoms with Crippen LogP contribution in [-0.4, -0.2) is 66.9 Å². The van der Waals surface area contributed by atoms with Gasteiger partial charge in [-0.1, -0.05) is 29.8 Å². The molecule has 0 radical (unpaired) electrons. The van der Waals surface area contributed by atoms with Crippen LogP contribution < -0.4 is 5.32 Å². The fourth-order valence-electron chi connectivity index (χ4n) is 3.67. The van der Waals surface area contributed by atoms with Crippen molar-refractivity contribution in [2.75, 3.05) is 13.1 Å². The molecule has 1 saturated heterocycles. The Balaban J connectivity index is 0.000000239. The quantitative estimate of drug-likeness (QED) is 0.392. The van der Waals surface area contributed by atoms with Crippen molar-refractivity contribution in [1.29, 1.82) is 0 Å². The number of hydrogen-bond acceptors (Lipinski definition) is 6. The number of carboxylic acid groups (broad SMARTS) is 4. The van der Waals surface area contributed by atoms with E-state index in [2.05, 4.69) is 45.3 Å². The van der Waals surface area contributed by atoms with Gasteiger partial charge in [-0.25, -0.2) is 24.2 Å². The van der Waals surface area contributed by atoms with Crippen LogP contribution in [0.25, 0.3) is 5.57 Å². The second-order valence-electron chi connectivity index (χ2n) is 7.60. The van der Waals surface area contributed by atoms with Gasteiger partial charge in [-0.15, -0.1) is 0 Å². The zero-order chi connectivity index (χ0) is 26.5. The maximum atomic E-state index is 9.55. The number of nitrogens with zero attached hydrogens (tertiary/aromatic N) is 2. The smallest absolute Gasteiger partial charge is 0.328 e. The second-order valence-corrected chi connectivity index (χ2v) is 7.60. The number of piperidine rings is 1. The third-order valence-electron chi connectivity index (χ3n) is 5.15. The van der Waals surface area contributed by atoms with Crippen molar-refractivity contribution in [2.45, 2.75) is 25.8 Å². The molecule has 11 nitrogen and oxygen atoms in total. The summed E-state index contributed by atoms with van der Waals surface area (Å²) in [5.41, 5.74) is 5.81. The summed E-state index contributed by atoms with van der Waals surface area (Å²) in [6, 6.07) is 8.84. The molecule has 3 heterocycles. The number of carbonyl (C=O) groups is 4. The van der Waals surface area contributed by atoms with Crippen LogP contribution in [0.2, 0.25) is 0 Å². The molecule has 0 spiro atoms. The average Bonchev–Trinajstić information content (AvgIpc) is 3.24. The van der Waals surface area contributed by atoms with Gasteiger partial charge in [-0.2, -0.15) is 0 Å². The minimum Gasteiger partial charge on any atom is -0.478 e. The molecular weight excluding hydrogens is 470 g/mol. The van der Waals surface area contributed by atoms with Gasteiger partial charge in [0.05, 0.1) is 0 Å². The lowest BCUT2D eigenvalue weighted by Crippen LogP contribution is -2.24. The van der Waals surface area contributed by atoms with E-state index in [1.54, 1.807) is 5.57 Å². The number of aliphatic carboxylic acids is 4. The highest BCUT2D eigenvalue weighted by atomic mass is 16.4. The summed E-state index contributed by atoms with van der Waals surface area (Å²) in [6.07, 6.45) is 9.64. The Morgan fingerprint density at radius 2 is 1.33 bits per heavy atom. The second kappa shape index (κ2) is 14.0. The molecule has 1 aromatic heterocycles. The molecule has 190 valence electrons. The summed E-state index contributed by atoms with van der Waals surface area (Å²) >= 11 is 0. The molecule has 0 saturated carbocycles. The minimum atomic E-state index is -1.26. The van der Waals surface area contributed by atoms with Gasteiger partial charge in [0.1, 0.15) is 5.82 Å². The molecule has 1 aromatic carbocycles. The molecule has 5 N–H and O–H groups in total. The van der Waals surface area contributed by atoms with Gasteiger partial charge < -0.3 is 30.3 Å². The lowest BCUT2D eigenvalue weighted by molar-refractivity contribution is -0.134. The molecule has 2 aliphatic rings. The summed E-state index contributed by atoms with van der Waals surface area (Å²) in [5.74, 6) is -3.87. The van der Waals surface area contributed by atoms with E-state index in [0.717, 1.165) is 44.7 Å². The summed E-state index contributed by atoms with van der Waals surface area (Å²) in [6.45, 7) is 3.20. The first kappa shape index (κ1) is 27.7. The topological polar surface area (TPSA) is 179 Å². The standard InChI is InChI=1S/C17H19N3.2C4H4O4/c1-2-4-15-13(3-1)7-11-20-12-10-19-17(20)16(15)14-5-8-18-9-6-14;2*5-3(6)1-2-4(7)8/h1-4,10,12,18H,5-9,11H2;2*1-2H,(H,5,6)(H,7,8)/b;2*2-1+. The molecule has 0 aliphatic carbocycles. The Hall–Kier alpha value is -4.51. The van der Waals surface area contributed by atoms with Crippen molar-refractivity contribution in [1.82, 2.24) is 14.9 Å². The fourth-order valence-corrected chi connectivity index (χ4v) is 3.67. The number of aromatic nitrogens is 2. The van der Waals surface area contributed by atoms with Gasteiger partial charge in [0, 0.05) is 48.8 Å². The van der Waals surface area contributed by atoms with Crippen LogP contribution in [0.4, 0.5) is 0 Å². The molecule has 36 heavy (non-hydrogen) atoms. The summed E-state index contributed by atoms with van der Waals surface area (Å²) < 4.78 is 2.31. The van der Waals surface area contributed by atoms with E-state index < -0.39 is 23.9 Å². The maximum absolute atomic E-state index is 9.55. The van der Waals surface area contributed by atoms with Gasteiger partial charge in [0.2, 0.25) is 0 Å². The van der Waals surface area contributed by atoms with Crippen molar-refractivity contribution in [3.63, 3.8) is 0 Å². The molecular formula is C25H27N3O8. The Labute approximate surface area is 206 Å². The van der Waals surface area contributed by atoms with Crippen LogP contribution in [-0.2, 0) is 32.1 Å². The first-order valence-electron chi connectivity index (χ1n) is 11.0. The Morgan fingerprint density at radius 3 is 1.86 bits per heavy atom. The minimum absolute atomic E-state index is 0.558. The molecule has 0 atom stereocenters. The molecule has 11 heteroatoms. The number of hydrogen-bond donors (Lipinski definition) is 5. The van der Waals surface area contributed by atoms with Crippen LogP contribution >= 0.6 is 0 Å². The fraction of sp³-hybridized carbons (Fsp3) is 0.240. The van der Waals surface area contributed by atoms with Crippen LogP contribution in [0.15, 0.2) is 66.5 Å². The number of nitrogens with one attached hydrogen (secondary N) is 1. The van der Waals surface area contributed by atoms with Crippen LogP contribution in [0.5, 0.6) is 0 Å². The lowest BCUT2D eigenvalue weighted by atomic mass is 9.90. The van der Waals surface area contributed by atoms with Crippen LogP contribution in [0.1, 0.15) is 29.8 Å². The first-order valence-corrected chi connectivity index (χ1v) is 11.0. The van der Waals surface area contributed by atoms with Crippen molar-refractivity contribution in [2.24, 2.45) is 0 Å². The van der Waals surface area contributed by atoms with E-state index >= 15 is 0 Å². The van der Waals surface area contributed by atoms with Gasteiger partial charge in [0.25, 0.3) is 0 Å². The third-order valence-corrected chi connectivity index (χ3v) is 5.15. The number of imidazole rings is 1.